The van der Waals surface area contributed by atoms with Crippen LogP contribution in [-0.4, -0.2) is 62.8 Å². The van der Waals surface area contributed by atoms with E-state index in [1.54, 1.807) is 0 Å². The van der Waals surface area contributed by atoms with E-state index in [1.807, 2.05) is 0 Å². The van der Waals surface area contributed by atoms with Gasteiger partial charge < -0.3 is 15.4 Å². The average molecular weight is 320 g/mol. The molecule has 5 nitrogen and oxygen atoms in total. The Bertz CT molecular complexity index is 303. The van der Waals surface area contributed by atoms with Gasteiger partial charge in [0.15, 0.2) is 0 Å². The van der Waals surface area contributed by atoms with E-state index in [2.05, 4.69) is 29.4 Å². The molecule has 2 heterocycles. The molecule has 0 radical (unpaired) electrons. The van der Waals surface area contributed by atoms with E-state index in [0.29, 0.717) is 12.0 Å². The predicted octanol–water partition coefficient (Wildman–Crippen LogP) is 0.881. The van der Waals surface area contributed by atoms with Gasteiger partial charge in [0.05, 0.1) is 13.2 Å². The Kier molecular flexibility index (Phi) is 8.56. The number of nitrogens with zero attached hydrogens (tertiary/aromatic N) is 1. The summed E-state index contributed by atoms with van der Waals surface area (Å²) in [5, 5.41) is 6.48. The van der Waals surface area contributed by atoms with Gasteiger partial charge in [0.2, 0.25) is 5.91 Å². The molecular weight excluding hydrogens is 290 g/mol. The van der Waals surface area contributed by atoms with Crippen molar-refractivity contribution >= 4 is 18.3 Å². The van der Waals surface area contributed by atoms with E-state index in [9.17, 15) is 4.79 Å². The summed E-state index contributed by atoms with van der Waals surface area (Å²) < 4.78 is 5.41. The lowest BCUT2D eigenvalue weighted by Crippen LogP contribution is -2.52. The predicted molar refractivity (Wildman–Crippen MR) is 86.9 cm³/mol. The molecule has 0 saturated carbocycles. The highest BCUT2D eigenvalue weighted by atomic mass is 35.5. The molecule has 124 valence electrons. The Morgan fingerprint density at radius 1 is 1.29 bits per heavy atom. The lowest BCUT2D eigenvalue weighted by Gasteiger charge is -2.37. The molecule has 1 atom stereocenters. The zero-order chi connectivity index (χ0) is 14.4. The number of rotatable bonds is 5. The van der Waals surface area contributed by atoms with Crippen LogP contribution >= 0.6 is 12.4 Å². The Hall–Kier alpha value is -0.360. The molecule has 0 bridgehead atoms. The van der Waals surface area contributed by atoms with Gasteiger partial charge in [-0.25, -0.2) is 0 Å². The second-order valence-corrected chi connectivity index (χ2v) is 6.23. The third-order valence-corrected chi connectivity index (χ3v) is 4.48. The van der Waals surface area contributed by atoms with Crippen molar-refractivity contribution < 1.29 is 9.53 Å². The van der Waals surface area contributed by atoms with Crippen LogP contribution in [0.5, 0.6) is 0 Å². The summed E-state index contributed by atoms with van der Waals surface area (Å²) in [5.74, 6) is 0.987. The maximum Gasteiger partial charge on any atom is 0.223 e. The van der Waals surface area contributed by atoms with Crippen LogP contribution in [0.4, 0.5) is 0 Å². The summed E-state index contributed by atoms with van der Waals surface area (Å²) in [6, 6.07) is 0.421. The van der Waals surface area contributed by atoms with Crippen LogP contribution in [0.25, 0.3) is 0 Å². The minimum Gasteiger partial charge on any atom is -0.379 e. The number of morpholine rings is 1. The lowest BCUT2D eigenvalue weighted by atomic mass is 9.96. The van der Waals surface area contributed by atoms with Crippen molar-refractivity contribution in [1.29, 1.82) is 0 Å². The number of ether oxygens (including phenoxy) is 1. The van der Waals surface area contributed by atoms with Gasteiger partial charge in [-0.1, -0.05) is 13.8 Å². The molecule has 0 aromatic rings. The zero-order valence-corrected chi connectivity index (χ0v) is 14.1. The minimum absolute atomic E-state index is 0. The van der Waals surface area contributed by atoms with E-state index in [-0.39, 0.29) is 24.2 Å². The molecule has 1 amide bonds. The van der Waals surface area contributed by atoms with E-state index >= 15 is 0 Å². The van der Waals surface area contributed by atoms with Crippen LogP contribution < -0.4 is 10.6 Å². The maximum atomic E-state index is 12.2. The summed E-state index contributed by atoms with van der Waals surface area (Å²) in [6.07, 6.45) is 1.94. The monoisotopic (exact) mass is 319 g/mol. The molecule has 0 spiro atoms. The molecule has 2 rings (SSSR count). The van der Waals surface area contributed by atoms with Crippen molar-refractivity contribution in [2.24, 2.45) is 11.8 Å². The first kappa shape index (κ1) is 18.7. The molecule has 0 aliphatic carbocycles. The van der Waals surface area contributed by atoms with Crippen molar-refractivity contribution in [2.75, 3.05) is 45.9 Å². The standard InChI is InChI=1S/C15H29N3O2.ClH/c1-12(2)14(18-7-9-20-10-8-18)11-17-15(19)13-3-5-16-6-4-13;/h12-14,16H,3-11H2,1-2H3,(H,17,19);1H. The summed E-state index contributed by atoms with van der Waals surface area (Å²) in [6.45, 7) is 10.7. The lowest BCUT2D eigenvalue weighted by molar-refractivity contribution is -0.126. The third kappa shape index (κ3) is 5.74. The Morgan fingerprint density at radius 3 is 2.48 bits per heavy atom. The largest absolute Gasteiger partial charge is 0.379 e. The second-order valence-electron chi connectivity index (χ2n) is 6.23. The topological polar surface area (TPSA) is 53.6 Å². The number of hydrogen-bond donors (Lipinski definition) is 2. The molecule has 0 aromatic carbocycles. The van der Waals surface area contributed by atoms with Gasteiger partial charge in [0.25, 0.3) is 0 Å². The fourth-order valence-corrected chi connectivity index (χ4v) is 3.13. The number of carbonyl (C=O) groups is 1. The summed E-state index contributed by atoms with van der Waals surface area (Å²) >= 11 is 0. The quantitative estimate of drug-likeness (QED) is 0.790. The number of piperidine rings is 1. The van der Waals surface area contributed by atoms with Gasteiger partial charge in [-0.3, -0.25) is 9.69 Å². The van der Waals surface area contributed by atoms with Crippen LogP contribution in [0, 0.1) is 11.8 Å². The van der Waals surface area contributed by atoms with E-state index in [1.165, 1.54) is 0 Å². The molecular formula is C15H30ClN3O2. The molecule has 2 fully saturated rings. The third-order valence-electron chi connectivity index (χ3n) is 4.48. The van der Waals surface area contributed by atoms with Gasteiger partial charge in [-0.2, -0.15) is 0 Å². The van der Waals surface area contributed by atoms with Crippen molar-refractivity contribution in [3.8, 4) is 0 Å². The van der Waals surface area contributed by atoms with Gasteiger partial charge in [-0.05, 0) is 31.8 Å². The van der Waals surface area contributed by atoms with E-state index in [0.717, 1.165) is 58.8 Å². The molecule has 1 unspecified atom stereocenters. The van der Waals surface area contributed by atoms with Crippen LogP contribution in [0.15, 0.2) is 0 Å². The number of nitrogens with one attached hydrogen (secondary N) is 2. The number of amides is 1. The van der Waals surface area contributed by atoms with E-state index < -0.39 is 0 Å². The Balaban J connectivity index is 0.00000220. The molecule has 0 aromatic heterocycles. The molecule has 2 aliphatic heterocycles. The minimum atomic E-state index is 0. The number of carbonyl (C=O) groups excluding carboxylic acids is 1. The highest BCUT2D eigenvalue weighted by Crippen LogP contribution is 2.14. The first-order chi connectivity index (χ1) is 9.68. The molecule has 2 saturated heterocycles. The molecule has 21 heavy (non-hydrogen) atoms. The molecule has 6 heteroatoms. The fourth-order valence-electron chi connectivity index (χ4n) is 3.13. The smallest absolute Gasteiger partial charge is 0.223 e. The van der Waals surface area contributed by atoms with Crippen LogP contribution in [-0.2, 0) is 9.53 Å². The van der Waals surface area contributed by atoms with Crippen LogP contribution in [0.3, 0.4) is 0 Å². The van der Waals surface area contributed by atoms with Crippen molar-refractivity contribution in [3.63, 3.8) is 0 Å². The van der Waals surface area contributed by atoms with Gasteiger partial charge in [0, 0.05) is 31.6 Å². The SMILES string of the molecule is CC(C)C(CNC(=O)C1CCNCC1)N1CCOCC1.Cl. The molecule has 2 aliphatic rings. The van der Waals surface area contributed by atoms with Crippen molar-refractivity contribution in [1.82, 2.24) is 15.5 Å². The first-order valence-electron chi connectivity index (χ1n) is 7.98. The highest BCUT2D eigenvalue weighted by Gasteiger charge is 2.26. The summed E-state index contributed by atoms with van der Waals surface area (Å²) in [5.41, 5.74) is 0. The van der Waals surface area contributed by atoms with Crippen molar-refractivity contribution in [2.45, 2.75) is 32.7 Å². The first-order valence-corrected chi connectivity index (χ1v) is 7.98. The molecule has 2 N–H and O–H groups in total. The van der Waals surface area contributed by atoms with Crippen LogP contribution in [0.1, 0.15) is 26.7 Å². The fraction of sp³-hybridized carbons (Fsp3) is 0.933. The van der Waals surface area contributed by atoms with Gasteiger partial charge in [-0.15, -0.1) is 12.4 Å². The maximum absolute atomic E-state index is 12.2. The number of halogens is 1. The van der Waals surface area contributed by atoms with Crippen LogP contribution in [0.2, 0.25) is 0 Å². The highest BCUT2D eigenvalue weighted by molar-refractivity contribution is 5.85. The Labute approximate surface area is 134 Å². The van der Waals surface area contributed by atoms with Gasteiger partial charge in [0.1, 0.15) is 0 Å². The Morgan fingerprint density at radius 2 is 1.90 bits per heavy atom. The van der Waals surface area contributed by atoms with E-state index in [4.69, 9.17) is 4.74 Å². The second kappa shape index (κ2) is 9.62. The zero-order valence-electron chi connectivity index (χ0n) is 13.3. The number of hydrogen-bond acceptors (Lipinski definition) is 4. The van der Waals surface area contributed by atoms with Gasteiger partial charge >= 0.3 is 0 Å². The average Bonchev–Trinajstić information content (AvgIpc) is 2.49. The summed E-state index contributed by atoms with van der Waals surface area (Å²) in [4.78, 5) is 14.7. The summed E-state index contributed by atoms with van der Waals surface area (Å²) in [7, 11) is 0. The normalized spacial score (nSPS) is 22.6. The van der Waals surface area contributed by atoms with Crippen molar-refractivity contribution in [3.05, 3.63) is 0 Å².